The van der Waals surface area contributed by atoms with Crippen LogP contribution in [0.3, 0.4) is 0 Å². The molecule has 2 heterocycles. The number of likely N-dealkylation sites (N-methyl/N-ethyl adjacent to an activating group) is 1. The van der Waals surface area contributed by atoms with Crippen LogP contribution in [0.15, 0.2) is 41.6 Å². The molecule has 1 aliphatic carbocycles. The van der Waals surface area contributed by atoms with Crippen LogP contribution in [0.5, 0.6) is 0 Å². The number of carbonyl (C=O) groups is 3. The third-order valence-corrected chi connectivity index (χ3v) is 7.79. The predicted molar refractivity (Wildman–Crippen MR) is 133 cm³/mol. The van der Waals surface area contributed by atoms with Gasteiger partial charge in [-0.15, -0.1) is 0 Å². The fourth-order valence-corrected chi connectivity index (χ4v) is 5.74. The first kappa shape index (κ1) is 27.7. The molecule has 3 atom stereocenters. The summed E-state index contributed by atoms with van der Waals surface area (Å²) in [4.78, 5) is 42.8. The predicted octanol–water partition coefficient (Wildman–Crippen LogP) is 4.69. The molecule has 202 valence electrons. The van der Waals surface area contributed by atoms with Gasteiger partial charge in [-0.05, 0) is 49.0 Å². The monoisotopic (exact) mass is 548 g/mol. The first-order chi connectivity index (χ1) is 17.8. The van der Waals surface area contributed by atoms with Crippen molar-refractivity contribution in [1.82, 2.24) is 15.1 Å². The molecule has 38 heavy (non-hydrogen) atoms. The maximum absolute atomic E-state index is 13.9. The highest BCUT2D eigenvalue weighted by Crippen LogP contribution is 2.48. The van der Waals surface area contributed by atoms with Gasteiger partial charge in [0.2, 0.25) is 11.8 Å². The number of amides is 3. The van der Waals surface area contributed by atoms with E-state index in [1.165, 1.54) is 18.0 Å². The summed E-state index contributed by atoms with van der Waals surface area (Å²) in [6, 6.07) is 3.04. The molecule has 0 aromatic heterocycles. The normalized spacial score (nSPS) is 23.5. The Morgan fingerprint density at radius 2 is 2.05 bits per heavy atom. The molecular formula is C27H28ClF3N4O3. The van der Waals surface area contributed by atoms with Gasteiger partial charge < -0.3 is 15.1 Å². The quantitative estimate of drug-likeness (QED) is 0.578. The molecule has 2 aliphatic heterocycles. The number of halogens is 4. The van der Waals surface area contributed by atoms with Crippen molar-refractivity contribution in [3.05, 3.63) is 57.8 Å². The number of allylic oxidation sites excluding steroid dienone is 3. The number of nitrogens with one attached hydrogen (secondary N) is 1. The van der Waals surface area contributed by atoms with Crippen LogP contribution in [-0.2, 0) is 15.8 Å². The summed E-state index contributed by atoms with van der Waals surface area (Å²) in [6.07, 6.45) is 0.862. The van der Waals surface area contributed by atoms with Crippen molar-refractivity contribution in [2.45, 2.75) is 57.8 Å². The summed E-state index contributed by atoms with van der Waals surface area (Å²) in [6.45, 7) is 3.68. The minimum Gasteiger partial charge on any atom is -0.330 e. The van der Waals surface area contributed by atoms with Crippen LogP contribution in [-0.4, -0.2) is 53.2 Å². The zero-order valence-corrected chi connectivity index (χ0v) is 22.0. The molecule has 1 aromatic rings. The van der Waals surface area contributed by atoms with E-state index in [1.807, 2.05) is 26.0 Å². The van der Waals surface area contributed by atoms with Crippen molar-refractivity contribution in [3.63, 3.8) is 0 Å². The summed E-state index contributed by atoms with van der Waals surface area (Å²) >= 11 is 5.71. The van der Waals surface area contributed by atoms with Crippen molar-refractivity contribution < 1.29 is 27.6 Å². The zero-order valence-electron chi connectivity index (χ0n) is 21.2. The van der Waals surface area contributed by atoms with Crippen molar-refractivity contribution in [1.29, 1.82) is 5.26 Å². The maximum Gasteiger partial charge on any atom is 0.417 e. The van der Waals surface area contributed by atoms with Crippen LogP contribution in [0.2, 0.25) is 5.02 Å². The van der Waals surface area contributed by atoms with E-state index < -0.39 is 46.1 Å². The zero-order chi connectivity index (χ0) is 28.0. The van der Waals surface area contributed by atoms with Crippen molar-refractivity contribution in [2.24, 2.45) is 11.3 Å². The second kappa shape index (κ2) is 10.1. The molecular weight excluding hydrogens is 521 g/mol. The number of benzene rings is 1. The first-order valence-electron chi connectivity index (χ1n) is 12.4. The van der Waals surface area contributed by atoms with Gasteiger partial charge >= 0.3 is 6.18 Å². The van der Waals surface area contributed by atoms with Crippen LogP contribution in [0, 0.1) is 22.7 Å². The average Bonchev–Trinajstić information content (AvgIpc) is 3.39. The first-order valence-corrected chi connectivity index (χ1v) is 12.7. The SMILES string of the molecule is CC(C)C[C@@H](C(=O)N1C[C@]2(C[C@H]1C#N)C(=O)NC1=C2C=CCC1)N(C)C(=O)c1ccc(Cl)c(C(F)(F)F)c1. The molecule has 0 saturated carbocycles. The van der Waals surface area contributed by atoms with Gasteiger partial charge in [-0.1, -0.05) is 37.6 Å². The number of hydrogen-bond acceptors (Lipinski definition) is 4. The Balaban J connectivity index is 1.65. The maximum atomic E-state index is 13.9. The number of hydrogen-bond donors (Lipinski definition) is 1. The molecule has 0 radical (unpaired) electrons. The summed E-state index contributed by atoms with van der Waals surface area (Å²) in [5.41, 5.74) is -0.871. The Bertz CT molecular complexity index is 1280. The van der Waals surface area contributed by atoms with Crippen LogP contribution < -0.4 is 5.32 Å². The van der Waals surface area contributed by atoms with E-state index in [0.29, 0.717) is 12.5 Å². The Morgan fingerprint density at radius 1 is 1.34 bits per heavy atom. The minimum atomic E-state index is -4.76. The van der Waals surface area contributed by atoms with Gasteiger partial charge in [0.1, 0.15) is 12.1 Å². The average molecular weight is 549 g/mol. The molecule has 7 nitrogen and oxygen atoms in total. The lowest BCUT2D eigenvalue weighted by Gasteiger charge is -2.33. The van der Waals surface area contributed by atoms with Crippen LogP contribution >= 0.6 is 11.6 Å². The molecule has 1 saturated heterocycles. The van der Waals surface area contributed by atoms with Gasteiger partial charge in [-0.2, -0.15) is 18.4 Å². The van der Waals surface area contributed by atoms with E-state index in [4.69, 9.17) is 11.6 Å². The Labute approximate surface area is 223 Å². The lowest BCUT2D eigenvalue weighted by Crippen LogP contribution is -2.51. The summed E-state index contributed by atoms with van der Waals surface area (Å²) in [5.74, 6) is -1.62. The summed E-state index contributed by atoms with van der Waals surface area (Å²) in [7, 11) is 1.36. The van der Waals surface area contributed by atoms with Gasteiger partial charge in [0, 0.05) is 31.3 Å². The smallest absolute Gasteiger partial charge is 0.330 e. The number of alkyl halides is 3. The number of nitrogens with zero attached hydrogens (tertiary/aromatic N) is 3. The van der Waals surface area contributed by atoms with Gasteiger partial charge in [0.25, 0.3) is 5.91 Å². The van der Waals surface area contributed by atoms with E-state index in [2.05, 4.69) is 11.4 Å². The molecule has 11 heteroatoms. The Kier molecular flexibility index (Phi) is 7.36. The highest BCUT2D eigenvalue weighted by molar-refractivity contribution is 6.31. The molecule has 1 aromatic carbocycles. The number of nitriles is 1. The lowest BCUT2D eigenvalue weighted by atomic mass is 9.77. The van der Waals surface area contributed by atoms with Gasteiger partial charge in [0.15, 0.2) is 0 Å². The van der Waals surface area contributed by atoms with Gasteiger partial charge in [-0.25, -0.2) is 0 Å². The molecule has 3 aliphatic rings. The van der Waals surface area contributed by atoms with E-state index in [1.54, 1.807) is 0 Å². The summed E-state index contributed by atoms with van der Waals surface area (Å²) < 4.78 is 40.2. The topological polar surface area (TPSA) is 93.5 Å². The van der Waals surface area contributed by atoms with Gasteiger partial charge in [-0.3, -0.25) is 14.4 Å². The third kappa shape index (κ3) is 4.80. The highest BCUT2D eigenvalue weighted by Gasteiger charge is 2.57. The molecule has 1 fully saturated rings. The largest absolute Gasteiger partial charge is 0.417 e. The number of fused-ring (bicyclic) bond motifs is 1. The molecule has 4 rings (SSSR count). The second-order valence-electron chi connectivity index (χ2n) is 10.4. The Hall–Kier alpha value is -3.32. The Morgan fingerprint density at radius 3 is 2.68 bits per heavy atom. The lowest BCUT2D eigenvalue weighted by molar-refractivity contribution is -0.138. The molecule has 0 unspecified atom stereocenters. The van der Waals surface area contributed by atoms with Crippen LogP contribution in [0.25, 0.3) is 0 Å². The molecule has 1 spiro atoms. The van der Waals surface area contributed by atoms with Crippen LogP contribution in [0.4, 0.5) is 13.2 Å². The fourth-order valence-electron chi connectivity index (χ4n) is 5.52. The van der Waals surface area contributed by atoms with E-state index >= 15 is 0 Å². The van der Waals surface area contributed by atoms with Crippen LogP contribution in [0.1, 0.15) is 55.5 Å². The number of likely N-dealkylation sites (tertiary alicyclic amines) is 1. The van der Waals surface area contributed by atoms with Crippen molar-refractivity contribution in [3.8, 4) is 6.07 Å². The second-order valence-corrected chi connectivity index (χ2v) is 10.8. The van der Waals surface area contributed by atoms with E-state index in [0.717, 1.165) is 28.7 Å². The van der Waals surface area contributed by atoms with E-state index in [-0.39, 0.29) is 36.8 Å². The van der Waals surface area contributed by atoms with Gasteiger partial charge in [0.05, 0.1) is 22.1 Å². The molecule has 3 amide bonds. The van der Waals surface area contributed by atoms with Crippen molar-refractivity contribution in [2.75, 3.05) is 13.6 Å². The van der Waals surface area contributed by atoms with E-state index in [9.17, 15) is 32.8 Å². The fraction of sp³-hybridized carbons (Fsp3) is 0.481. The number of rotatable bonds is 5. The minimum absolute atomic E-state index is 0.0190. The molecule has 0 bridgehead atoms. The highest BCUT2D eigenvalue weighted by atomic mass is 35.5. The standard InChI is InChI=1S/C27H28ClF3N4O3/c1-15(2)10-22(34(3)23(36)16-8-9-20(28)19(11-16)27(29,30)31)24(37)35-14-26(12-17(35)13-32)18-6-4-5-7-21(18)33-25(26)38/h4,6,8-9,11,15,17,22H,5,7,10,12,14H2,1-3H3,(H,33,38)/t17-,22-,26-/m0/s1. The number of carbonyl (C=O) groups excluding carboxylic acids is 3. The molecule has 1 N–H and O–H groups in total. The summed E-state index contributed by atoms with van der Waals surface area (Å²) in [5, 5.41) is 12.3. The third-order valence-electron chi connectivity index (χ3n) is 7.46. The van der Waals surface area contributed by atoms with Crippen molar-refractivity contribution >= 4 is 29.3 Å².